The van der Waals surface area contributed by atoms with Gasteiger partial charge in [0.25, 0.3) is 0 Å². The summed E-state index contributed by atoms with van der Waals surface area (Å²) in [7, 11) is -3.29. The van der Waals surface area contributed by atoms with Gasteiger partial charge >= 0.3 is 6.18 Å². The molecular formula is C14H18F3NO4S. The van der Waals surface area contributed by atoms with Crippen LogP contribution in [0.5, 0.6) is 0 Å². The lowest BCUT2D eigenvalue weighted by molar-refractivity contribution is -0.174. The highest BCUT2D eigenvalue weighted by Crippen LogP contribution is 2.17. The van der Waals surface area contributed by atoms with Gasteiger partial charge in [0.15, 0.2) is 9.84 Å². The molecule has 1 aromatic carbocycles. The van der Waals surface area contributed by atoms with E-state index in [1.165, 1.54) is 12.1 Å². The van der Waals surface area contributed by atoms with Gasteiger partial charge in [0.05, 0.1) is 17.5 Å². The summed E-state index contributed by atoms with van der Waals surface area (Å²) in [6, 6.07) is 5.60. The van der Waals surface area contributed by atoms with E-state index in [0.717, 1.165) is 6.26 Å². The number of carbonyl (C=O) groups excluding carboxylic acids is 1. The molecule has 0 spiro atoms. The number of ether oxygens (including phenoxy) is 1. The maximum absolute atomic E-state index is 11.9. The summed E-state index contributed by atoms with van der Waals surface area (Å²) in [5.41, 5.74) is 0.682. The molecule has 1 unspecified atom stereocenters. The molecular weight excluding hydrogens is 335 g/mol. The summed E-state index contributed by atoms with van der Waals surface area (Å²) in [5, 5.41) is 2.60. The predicted molar refractivity (Wildman–Crippen MR) is 77.6 cm³/mol. The van der Waals surface area contributed by atoms with Gasteiger partial charge in [0.2, 0.25) is 5.91 Å². The van der Waals surface area contributed by atoms with Crippen LogP contribution in [-0.2, 0) is 19.4 Å². The third-order valence-electron chi connectivity index (χ3n) is 2.92. The Kier molecular flexibility index (Phi) is 6.57. The minimum atomic E-state index is -4.41. The monoisotopic (exact) mass is 353 g/mol. The van der Waals surface area contributed by atoms with Crippen LogP contribution >= 0.6 is 0 Å². The number of nitrogens with one attached hydrogen (secondary N) is 1. The van der Waals surface area contributed by atoms with Gasteiger partial charge in [-0.15, -0.1) is 0 Å². The topological polar surface area (TPSA) is 72.5 Å². The zero-order chi connectivity index (χ0) is 17.7. The fraction of sp³-hybridized carbons (Fsp3) is 0.500. The first-order chi connectivity index (χ1) is 10.5. The minimum absolute atomic E-state index is 0.167. The van der Waals surface area contributed by atoms with Crippen molar-refractivity contribution in [1.29, 1.82) is 0 Å². The Morgan fingerprint density at radius 2 is 1.83 bits per heavy atom. The summed E-state index contributed by atoms with van der Waals surface area (Å²) in [6.07, 6.45) is -3.51. The molecule has 1 atom stereocenters. The van der Waals surface area contributed by atoms with Crippen molar-refractivity contribution in [2.45, 2.75) is 30.5 Å². The van der Waals surface area contributed by atoms with Crippen LogP contribution in [0.25, 0.3) is 0 Å². The summed E-state index contributed by atoms with van der Waals surface area (Å²) >= 11 is 0. The second-order valence-corrected chi connectivity index (χ2v) is 7.06. The summed E-state index contributed by atoms with van der Waals surface area (Å²) in [4.78, 5) is 11.8. The lowest BCUT2D eigenvalue weighted by atomic mass is 10.1. The number of alkyl halides is 3. The number of rotatable bonds is 7. The molecule has 0 aliphatic heterocycles. The Balaban J connectivity index is 2.46. The second kappa shape index (κ2) is 7.78. The molecule has 9 heteroatoms. The summed E-state index contributed by atoms with van der Waals surface area (Å²) in [5.74, 6) is -0.452. The van der Waals surface area contributed by atoms with Crippen molar-refractivity contribution in [1.82, 2.24) is 5.32 Å². The molecule has 1 amide bonds. The van der Waals surface area contributed by atoms with Crippen molar-refractivity contribution in [3.63, 3.8) is 0 Å². The molecule has 0 heterocycles. The Morgan fingerprint density at radius 3 is 2.30 bits per heavy atom. The van der Waals surface area contributed by atoms with E-state index in [4.69, 9.17) is 0 Å². The van der Waals surface area contributed by atoms with Crippen LogP contribution in [0.2, 0.25) is 0 Å². The third kappa shape index (κ3) is 7.47. The standard InChI is InChI=1S/C14H18F3NO4S/c1-10(11-3-5-12(6-4-11)23(2,20)21)18-13(19)7-8-22-9-14(15,16)17/h3-6,10H,7-9H2,1-2H3,(H,18,19). The molecule has 0 radical (unpaired) electrons. The molecule has 1 rings (SSSR count). The number of halogens is 3. The molecule has 23 heavy (non-hydrogen) atoms. The lowest BCUT2D eigenvalue weighted by Gasteiger charge is -2.15. The number of hydrogen-bond donors (Lipinski definition) is 1. The number of sulfone groups is 1. The molecule has 0 fully saturated rings. The maximum Gasteiger partial charge on any atom is 0.411 e. The average molecular weight is 353 g/mol. The molecule has 1 aromatic rings. The van der Waals surface area contributed by atoms with Crippen LogP contribution < -0.4 is 5.32 Å². The van der Waals surface area contributed by atoms with Gasteiger partial charge in [-0.1, -0.05) is 12.1 Å². The number of amides is 1. The molecule has 130 valence electrons. The highest BCUT2D eigenvalue weighted by Gasteiger charge is 2.27. The van der Waals surface area contributed by atoms with E-state index in [2.05, 4.69) is 10.1 Å². The van der Waals surface area contributed by atoms with Crippen molar-refractivity contribution >= 4 is 15.7 Å². The highest BCUT2D eigenvalue weighted by molar-refractivity contribution is 7.90. The van der Waals surface area contributed by atoms with Crippen LogP contribution in [0, 0.1) is 0 Å². The van der Waals surface area contributed by atoms with E-state index in [-0.39, 0.29) is 17.9 Å². The quantitative estimate of drug-likeness (QED) is 0.763. The van der Waals surface area contributed by atoms with Gasteiger partial charge in [-0.2, -0.15) is 13.2 Å². The Bertz CT molecular complexity index is 626. The maximum atomic E-state index is 11.9. The van der Waals surface area contributed by atoms with Crippen LogP contribution in [0.3, 0.4) is 0 Å². The van der Waals surface area contributed by atoms with Crippen molar-refractivity contribution in [2.75, 3.05) is 19.5 Å². The third-order valence-corrected chi connectivity index (χ3v) is 4.05. The van der Waals surface area contributed by atoms with E-state index in [9.17, 15) is 26.4 Å². The van der Waals surface area contributed by atoms with E-state index >= 15 is 0 Å². The van der Waals surface area contributed by atoms with Gasteiger partial charge in [-0.05, 0) is 24.6 Å². The molecule has 5 nitrogen and oxygen atoms in total. The van der Waals surface area contributed by atoms with Crippen molar-refractivity contribution in [3.05, 3.63) is 29.8 Å². The van der Waals surface area contributed by atoms with Crippen molar-refractivity contribution in [3.8, 4) is 0 Å². The van der Waals surface area contributed by atoms with Gasteiger partial charge in [-0.3, -0.25) is 4.79 Å². The molecule has 0 aromatic heterocycles. The Hall–Kier alpha value is -1.61. The van der Waals surface area contributed by atoms with Crippen molar-refractivity contribution < 1.29 is 31.1 Å². The molecule has 0 aliphatic rings. The molecule has 0 saturated carbocycles. The summed E-state index contributed by atoms with van der Waals surface area (Å²) < 4.78 is 62.6. The first-order valence-corrected chi connectivity index (χ1v) is 8.62. The largest absolute Gasteiger partial charge is 0.411 e. The normalized spacial score (nSPS) is 13.6. The van der Waals surface area contributed by atoms with Gasteiger partial charge in [0, 0.05) is 12.7 Å². The summed E-state index contributed by atoms with van der Waals surface area (Å²) in [6.45, 7) is -0.0300. The van der Waals surface area contributed by atoms with E-state index in [0.29, 0.717) is 5.56 Å². The zero-order valence-electron chi connectivity index (χ0n) is 12.7. The van der Waals surface area contributed by atoms with Gasteiger partial charge in [0.1, 0.15) is 6.61 Å². The Morgan fingerprint density at radius 1 is 1.26 bits per heavy atom. The van der Waals surface area contributed by atoms with E-state index in [1.807, 2.05) is 0 Å². The SMILES string of the molecule is CC(NC(=O)CCOCC(F)(F)F)c1ccc(S(C)(=O)=O)cc1. The van der Waals surface area contributed by atoms with E-state index in [1.54, 1.807) is 19.1 Å². The van der Waals surface area contributed by atoms with Crippen LogP contribution in [-0.4, -0.2) is 40.0 Å². The average Bonchev–Trinajstić information content (AvgIpc) is 2.42. The molecule has 1 N–H and O–H groups in total. The Labute approximate surface area is 132 Å². The first kappa shape index (κ1) is 19.4. The predicted octanol–water partition coefficient (Wildman–Crippen LogP) is 2.24. The zero-order valence-corrected chi connectivity index (χ0v) is 13.5. The fourth-order valence-corrected chi connectivity index (χ4v) is 2.38. The number of benzene rings is 1. The van der Waals surface area contributed by atoms with Crippen LogP contribution in [0.15, 0.2) is 29.2 Å². The smallest absolute Gasteiger partial charge is 0.372 e. The van der Waals surface area contributed by atoms with Crippen molar-refractivity contribution in [2.24, 2.45) is 0 Å². The minimum Gasteiger partial charge on any atom is -0.372 e. The van der Waals surface area contributed by atoms with Gasteiger partial charge in [-0.25, -0.2) is 8.42 Å². The first-order valence-electron chi connectivity index (χ1n) is 6.73. The van der Waals surface area contributed by atoms with Crippen LogP contribution in [0.1, 0.15) is 24.9 Å². The fourth-order valence-electron chi connectivity index (χ4n) is 1.75. The van der Waals surface area contributed by atoms with E-state index < -0.39 is 34.6 Å². The van der Waals surface area contributed by atoms with Gasteiger partial charge < -0.3 is 10.1 Å². The molecule has 0 saturated heterocycles. The lowest BCUT2D eigenvalue weighted by Crippen LogP contribution is -2.28. The molecule has 0 bridgehead atoms. The number of carbonyl (C=O) groups is 1. The highest BCUT2D eigenvalue weighted by atomic mass is 32.2. The second-order valence-electron chi connectivity index (χ2n) is 5.05. The number of hydrogen-bond acceptors (Lipinski definition) is 4. The molecule has 0 aliphatic carbocycles. The van der Waals surface area contributed by atoms with Crippen LogP contribution in [0.4, 0.5) is 13.2 Å².